The van der Waals surface area contributed by atoms with Crippen LogP contribution in [-0.2, 0) is 4.79 Å². The van der Waals surface area contributed by atoms with E-state index in [0.29, 0.717) is 12.8 Å². The lowest BCUT2D eigenvalue weighted by Crippen LogP contribution is -2.45. The Morgan fingerprint density at radius 2 is 2.03 bits per heavy atom. The Morgan fingerprint density at radius 3 is 2.72 bits per heavy atom. The van der Waals surface area contributed by atoms with Crippen LogP contribution in [-0.4, -0.2) is 24.7 Å². The van der Waals surface area contributed by atoms with Gasteiger partial charge < -0.3 is 19.5 Å². The predicted molar refractivity (Wildman–Crippen MR) is 114 cm³/mol. The molecule has 2 atom stereocenters. The van der Waals surface area contributed by atoms with Crippen molar-refractivity contribution in [1.29, 1.82) is 0 Å². The second-order valence-electron chi connectivity index (χ2n) is 8.24. The van der Waals surface area contributed by atoms with Gasteiger partial charge in [0.25, 0.3) is 5.91 Å². The van der Waals surface area contributed by atoms with Gasteiger partial charge in [-0.25, -0.2) is 0 Å². The van der Waals surface area contributed by atoms with Gasteiger partial charge in [-0.15, -0.1) is 0 Å². The molecule has 0 bridgehead atoms. The van der Waals surface area contributed by atoms with Crippen LogP contribution in [0.3, 0.4) is 0 Å². The molecule has 0 unspecified atom stereocenters. The predicted octanol–water partition coefficient (Wildman–Crippen LogP) is 4.89. The van der Waals surface area contributed by atoms with Crippen LogP contribution in [0.5, 0.6) is 17.2 Å². The Hall–Kier alpha value is -2.69. The smallest absolute Gasteiger partial charge is 0.261 e. The molecule has 29 heavy (non-hydrogen) atoms. The molecule has 0 radical (unpaired) electrons. The zero-order chi connectivity index (χ0) is 21.2. The minimum Gasteiger partial charge on any atom is -0.497 e. The lowest BCUT2D eigenvalue weighted by Gasteiger charge is -2.38. The number of aryl methyl sites for hydroxylation is 1. The van der Waals surface area contributed by atoms with Gasteiger partial charge in [-0.1, -0.05) is 19.1 Å². The summed E-state index contributed by atoms with van der Waals surface area (Å²) < 4.78 is 17.5. The third-order valence-corrected chi connectivity index (χ3v) is 5.48. The van der Waals surface area contributed by atoms with Gasteiger partial charge >= 0.3 is 0 Å². The first-order valence-corrected chi connectivity index (χ1v) is 10.1. The van der Waals surface area contributed by atoms with Crippen LogP contribution in [0.25, 0.3) is 0 Å². The highest BCUT2D eigenvalue weighted by Crippen LogP contribution is 2.41. The molecular formula is C24H31NO4. The SMILES string of the molecule is CC[C@@H](Oc1cccc(C)c1C)C(=O)N[C@H]1CC(C)(C)Oc2cc(OC)ccc21. The molecule has 0 saturated heterocycles. The number of methoxy groups -OCH3 is 1. The largest absolute Gasteiger partial charge is 0.497 e. The van der Waals surface area contributed by atoms with Crippen LogP contribution in [0.2, 0.25) is 0 Å². The zero-order valence-corrected chi connectivity index (χ0v) is 18.2. The van der Waals surface area contributed by atoms with Crippen molar-refractivity contribution in [2.24, 2.45) is 0 Å². The van der Waals surface area contributed by atoms with Crippen molar-refractivity contribution in [2.75, 3.05) is 7.11 Å². The summed E-state index contributed by atoms with van der Waals surface area (Å²) in [4.78, 5) is 13.1. The topological polar surface area (TPSA) is 56.8 Å². The fourth-order valence-corrected chi connectivity index (χ4v) is 3.68. The van der Waals surface area contributed by atoms with E-state index in [4.69, 9.17) is 14.2 Å². The number of amides is 1. The summed E-state index contributed by atoms with van der Waals surface area (Å²) in [6.45, 7) is 10.1. The van der Waals surface area contributed by atoms with Gasteiger partial charge in [0.05, 0.1) is 13.2 Å². The second-order valence-corrected chi connectivity index (χ2v) is 8.24. The fraction of sp³-hybridized carbons (Fsp3) is 0.458. The molecule has 1 amide bonds. The maximum atomic E-state index is 13.1. The summed E-state index contributed by atoms with van der Waals surface area (Å²) in [5, 5.41) is 3.19. The number of fused-ring (bicyclic) bond motifs is 1. The van der Waals surface area contributed by atoms with Crippen molar-refractivity contribution < 1.29 is 19.0 Å². The molecule has 1 aliphatic rings. The molecule has 2 aromatic carbocycles. The van der Waals surface area contributed by atoms with E-state index in [1.807, 2.05) is 71.0 Å². The summed E-state index contributed by atoms with van der Waals surface area (Å²) >= 11 is 0. The van der Waals surface area contributed by atoms with E-state index in [1.165, 1.54) is 0 Å². The molecule has 3 rings (SSSR count). The number of hydrogen-bond acceptors (Lipinski definition) is 4. The van der Waals surface area contributed by atoms with Crippen LogP contribution in [0.1, 0.15) is 56.3 Å². The number of hydrogen-bond donors (Lipinski definition) is 1. The molecule has 5 heteroatoms. The molecule has 1 N–H and O–H groups in total. The van der Waals surface area contributed by atoms with Crippen molar-refractivity contribution in [3.8, 4) is 17.2 Å². The van der Waals surface area contributed by atoms with Gasteiger partial charge in [0.15, 0.2) is 6.10 Å². The van der Waals surface area contributed by atoms with Crippen LogP contribution >= 0.6 is 0 Å². The Bertz CT molecular complexity index is 890. The normalized spacial score (nSPS) is 18.2. The third kappa shape index (κ3) is 4.66. The zero-order valence-electron chi connectivity index (χ0n) is 18.2. The first-order valence-electron chi connectivity index (χ1n) is 10.1. The molecule has 2 aromatic rings. The van der Waals surface area contributed by atoms with Gasteiger partial charge in [-0.2, -0.15) is 0 Å². The van der Waals surface area contributed by atoms with E-state index < -0.39 is 11.7 Å². The summed E-state index contributed by atoms with van der Waals surface area (Å²) in [5.41, 5.74) is 2.77. The van der Waals surface area contributed by atoms with E-state index in [1.54, 1.807) is 7.11 Å². The fourth-order valence-electron chi connectivity index (χ4n) is 3.68. The molecule has 0 aromatic heterocycles. The van der Waals surface area contributed by atoms with Crippen LogP contribution in [0.4, 0.5) is 0 Å². The van der Waals surface area contributed by atoms with E-state index in [2.05, 4.69) is 5.32 Å². The molecule has 0 saturated carbocycles. The second kappa shape index (κ2) is 8.36. The van der Waals surface area contributed by atoms with Gasteiger partial charge in [-0.3, -0.25) is 4.79 Å². The van der Waals surface area contributed by atoms with Crippen molar-refractivity contribution >= 4 is 5.91 Å². The average molecular weight is 398 g/mol. The Morgan fingerprint density at radius 1 is 1.28 bits per heavy atom. The van der Waals surface area contributed by atoms with E-state index in [9.17, 15) is 4.79 Å². The number of nitrogens with one attached hydrogen (secondary N) is 1. The molecule has 5 nitrogen and oxygen atoms in total. The molecule has 0 aliphatic carbocycles. The Kier molecular flexibility index (Phi) is 6.06. The van der Waals surface area contributed by atoms with Gasteiger partial charge in [0.2, 0.25) is 0 Å². The quantitative estimate of drug-likeness (QED) is 0.754. The number of ether oxygens (including phenoxy) is 3. The minimum atomic E-state index is -0.553. The molecular weight excluding hydrogens is 366 g/mol. The Balaban J connectivity index is 1.80. The lowest BCUT2D eigenvalue weighted by atomic mass is 9.89. The standard InChI is InChI=1S/C24H31NO4/c1-7-20(28-21-10-8-9-15(2)16(21)3)23(26)25-19-14-24(4,5)29-22-13-17(27-6)11-12-18(19)22/h8-13,19-20H,7,14H2,1-6H3,(H,25,26)/t19-,20+/m0/s1. The van der Waals surface area contributed by atoms with Crippen molar-refractivity contribution in [3.63, 3.8) is 0 Å². The molecule has 0 fully saturated rings. The molecule has 1 aliphatic heterocycles. The van der Waals surface area contributed by atoms with Crippen LogP contribution in [0.15, 0.2) is 36.4 Å². The monoisotopic (exact) mass is 397 g/mol. The molecule has 0 spiro atoms. The summed E-state index contributed by atoms with van der Waals surface area (Å²) in [7, 11) is 1.63. The lowest BCUT2D eigenvalue weighted by molar-refractivity contribution is -0.129. The Labute approximate surface area is 173 Å². The minimum absolute atomic E-state index is 0.113. The summed E-state index contributed by atoms with van der Waals surface area (Å²) in [5.74, 6) is 2.12. The highest BCUT2D eigenvalue weighted by molar-refractivity contribution is 5.81. The molecule has 1 heterocycles. The van der Waals surface area contributed by atoms with Crippen LogP contribution < -0.4 is 19.5 Å². The van der Waals surface area contributed by atoms with Crippen molar-refractivity contribution in [2.45, 2.75) is 65.2 Å². The van der Waals surface area contributed by atoms with Crippen molar-refractivity contribution in [3.05, 3.63) is 53.1 Å². The van der Waals surface area contributed by atoms with Gasteiger partial charge in [-0.05, 0) is 63.4 Å². The van der Waals surface area contributed by atoms with Gasteiger partial charge in [0.1, 0.15) is 22.8 Å². The maximum absolute atomic E-state index is 13.1. The number of rotatable bonds is 6. The van der Waals surface area contributed by atoms with Crippen molar-refractivity contribution in [1.82, 2.24) is 5.32 Å². The van der Waals surface area contributed by atoms with E-state index >= 15 is 0 Å². The van der Waals surface area contributed by atoms with E-state index in [-0.39, 0.29) is 11.9 Å². The number of benzene rings is 2. The first-order chi connectivity index (χ1) is 13.7. The van der Waals surface area contributed by atoms with Crippen LogP contribution in [0, 0.1) is 13.8 Å². The summed E-state index contributed by atoms with van der Waals surface area (Å²) in [6, 6.07) is 11.5. The van der Waals surface area contributed by atoms with E-state index in [0.717, 1.165) is 33.9 Å². The maximum Gasteiger partial charge on any atom is 0.261 e. The van der Waals surface area contributed by atoms with Gasteiger partial charge in [0, 0.05) is 18.1 Å². The highest BCUT2D eigenvalue weighted by atomic mass is 16.5. The number of carbonyl (C=O) groups excluding carboxylic acids is 1. The third-order valence-electron chi connectivity index (χ3n) is 5.48. The summed E-state index contributed by atoms with van der Waals surface area (Å²) in [6.07, 6.45) is 0.711. The highest BCUT2D eigenvalue weighted by Gasteiger charge is 2.36. The first kappa shape index (κ1) is 21.0. The average Bonchev–Trinajstić information content (AvgIpc) is 2.67. The number of carbonyl (C=O) groups is 1. The molecule has 156 valence electrons.